The Balaban J connectivity index is 2.18. The van der Waals surface area contributed by atoms with Gasteiger partial charge in [0.05, 0.1) is 7.11 Å². The monoisotopic (exact) mass is 337 g/mol. The van der Waals surface area contributed by atoms with E-state index < -0.39 is 0 Å². The van der Waals surface area contributed by atoms with Crippen LogP contribution < -0.4 is 10.1 Å². The molecule has 0 fully saturated rings. The van der Waals surface area contributed by atoms with E-state index in [0.29, 0.717) is 17.0 Å². The van der Waals surface area contributed by atoms with Gasteiger partial charge in [0.25, 0.3) is 5.91 Å². The van der Waals surface area contributed by atoms with Gasteiger partial charge >= 0.3 is 0 Å². The molecule has 2 rings (SSSR count). The summed E-state index contributed by atoms with van der Waals surface area (Å²) in [6.07, 6.45) is 0. The highest BCUT2D eigenvalue weighted by Gasteiger charge is 2.07. The minimum absolute atomic E-state index is 0.173. The Morgan fingerprint density at radius 1 is 1.21 bits per heavy atom. The number of halogens is 1. The van der Waals surface area contributed by atoms with E-state index in [-0.39, 0.29) is 5.91 Å². The van der Waals surface area contributed by atoms with Gasteiger partial charge in [-0.15, -0.1) is 12.6 Å². The van der Waals surface area contributed by atoms with E-state index in [0.717, 1.165) is 9.37 Å². The lowest BCUT2D eigenvalue weighted by atomic mass is 10.2. The molecule has 0 unspecified atom stereocenters. The van der Waals surface area contributed by atoms with Crippen molar-refractivity contribution in [2.45, 2.75) is 4.90 Å². The summed E-state index contributed by atoms with van der Waals surface area (Å²) in [5, 5.41) is 2.82. The molecule has 0 aliphatic heterocycles. The standard InChI is InChI=1S/C14H12BrNO2S/c1-18-12-7-10(15)6-11(8-12)16-14(17)9-2-4-13(19)5-3-9/h2-8,19H,1H3,(H,16,17). The predicted octanol–water partition coefficient (Wildman–Crippen LogP) is 4.00. The molecular weight excluding hydrogens is 326 g/mol. The zero-order valence-electron chi connectivity index (χ0n) is 10.2. The fourth-order valence-electron chi connectivity index (χ4n) is 1.57. The average molecular weight is 338 g/mol. The Morgan fingerprint density at radius 3 is 2.53 bits per heavy atom. The molecule has 98 valence electrons. The number of carbonyl (C=O) groups excluding carboxylic acids is 1. The average Bonchev–Trinajstić information content (AvgIpc) is 2.38. The summed E-state index contributed by atoms with van der Waals surface area (Å²) < 4.78 is 5.99. The number of anilines is 1. The second kappa shape index (κ2) is 6.12. The molecular formula is C14H12BrNO2S. The van der Waals surface area contributed by atoms with E-state index in [1.807, 2.05) is 12.1 Å². The highest BCUT2D eigenvalue weighted by molar-refractivity contribution is 9.10. The number of ether oxygens (including phenoxy) is 1. The summed E-state index contributed by atoms with van der Waals surface area (Å²) in [7, 11) is 1.58. The van der Waals surface area contributed by atoms with Crippen molar-refractivity contribution in [3.8, 4) is 5.75 Å². The highest BCUT2D eigenvalue weighted by Crippen LogP contribution is 2.24. The molecule has 3 nitrogen and oxygen atoms in total. The Morgan fingerprint density at radius 2 is 1.89 bits per heavy atom. The fraction of sp³-hybridized carbons (Fsp3) is 0.0714. The van der Waals surface area contributed by atoms with Crippen LogP contribution in [0.1, 0.15) is 10.4 Å². The highest BCUT2D eigenvalue weighted by atomic mass is 79.9. The Bertz CT molecular complexity index is 599. The quantitative estimate of drug-likeness (QED) is 0.831. The summed E-state index contributed by atoms with van der Waals surface area (Å²) in [5.41, 5.74) is 1.25. The summed E-state index contributed by atoms with van der Waals surface area (Å²) in [5.74, 6) is 0.504. The SMILES string of the molecule is COc1cc(Br)cc(NC(=O)c2ccc(S)cc2)c1. The van der Waals surface area contributed by atoms with Crippen LogP contribution in [-0.4, -0.2) is 13.0 Å². The molecule has 0 saturated carbocycles. The minimum Gasteiger partial charge on any atom is -0.497 e. The summed E-state index contributed by atoms with van der Waals surface area (Å²) >= 11 is 7.55. The lowest BCUT2D eigenvalue weighted by Crippen LogP contribution is -2.11. The van der Waals surface area contributed by atoms with Crippen LogP contribution >= 0.6 is 28.6 Å². The number of benzene rings is 2. The maximum atomic E-state index is 12.0. The number of thiol groups is 1. The first-order valence-corrected chi connectivity index (χ1v) is 6.77. The summed E-state index contributed by atoms with van der Waals surface area (Å²) in [6.45, 7) is 0. The van der Waals surface area contributed by atoms with Crippen molar-refractivity contribution < 1.29 is 9.53 Å². The molecule has 0 radical (unpaired) electrons. The first kappa shape index (κ1) is 14.0. The van der Waals surface area contributed by atoms with Crippen LogP contribution in [0.25, 0.3) is 0 Å². The summed E-state index contributed by atoms with van der Waals surface area (Å²) in [4.78, 5) is 12.9. The lowest BCUT2D eigenvalue weighted by Gasteiger charge is -2.08. The lowest BCUT2D eigenvalue weighted by molar-refractivity contribution is 0.102. The second-order valence-corrected chi connectivity index (χ2v) is 5.31. The number of amides is 1. The molecule has 5 heteroatoms. The molecule has 19 heavy (non-hydrogen) atoms. The topological polar surface area (TPSA) is 38.3 Å². The first-order chi connectivity index (χ1) is 9.08. The first-order valence-electron chi connectivity index (χ1n) is 5.53. The molecule has 0 aliphatic rings. The van der Waals surface area contributed by atoms with Gasteiger partial charge in [0, 0.05) is 26.7 Å². The molecule has 0 aliphatic carbocycles. The van der Waals surface area contributed by atoms with Crippen molar-refractivity contribution in [2.75, 3.05) is 12.4 Å². The Labute approximate surface area is 125 Å². The molecule has 1 N–H and O–H groups in total. The van der Waals surface area contributed by atoms with E-state index in [4.69, 9.17) is 4.74 Å². The van der Waals surface area contributed by atoms with E-state index in [2.05, 4.69) is 33.9 Å². The zero-order valence-corrected chi connectivity index (χ0v) is 12.7. The van der Waals surface area contributed by atoms with Gasteiger partial charge in [-0.05, 0) is 36.4 Å². The molecule has 1 amide bonds. The van der Waals surface area contributed by atoms with Crippen LogP contribution in [0.3, 0.4) is 0 Å². The number of nitrogens with one attached hydrogen (secondary N) is 1. The Hall–Kier alpha value is -1.46. The van der Waals surface area contributed by atoms with Gasteiger partial charge < -0.3 is 10.1 Å². The molecule has 2 aromatic rings. The van der Waals surface area contributed by atoms with Crippen molar-refractivity contribution in [2.24, 2.45) is 0 Å². The number of carbonyl (C=O) groups is 1. The molecule has 0 aromatic heterocycles. The molecule has 0 bridgehead atoms. The van der Waals surface area contributed by atoms with E-state index in [1.165, 1.54) is 0 Å². The van der Waals surface area contributed by atoms with Gasteiger partial charge in [-0.1, -0.05) is 15.9 Å². The predicted molar refractivity (Wildman–Crippen MR) is 82.3 cm³/mol. The Kier molecular flexibility index (Phi) is 4.50. The van der Waals surface area contributed by atoms with Gasteiger partial charge in [-0.3, -0.25) is 4.79 Å². The van der Waals surface area contributed by atoms with Crippen molar-refractivity contribution >= 4 is 40.2 Å². The van der Waals surface area contributed by atoms with Crippen molar-refractivity contribution in [1.82, 2.24) is 0 Å². The van der Waals surface area contributed by atoms with E-state index in [9.17, 15) is 4.79 Å². The van der Waals surface area contributed by atoms with Crippen LogP contribution in [0.2, 0.25) is 0 Å². The third-order valence-electron chi connectivity index (χ3n) is 2.49. The van der Waals surface area contributed by atoms with Gasteiger partial charge in [0.1, 0.15) is 5.75 Å². The molecule has 0 saturated heterocycles. The smallest absolute Gasteiger partial charge is 0.255 e. The number of rotatable bonds is 3. The number of methoxy groups -OCH3 is 1. The van der Waals surface area contributed by atoms with E-state index >= 15 is 0 Å². The third kappa shape index (κ3) is 3.75. The number of hydrogen-bond acceptors (Lipinski definition) is 3. The third-order valence-corrected chi connectivity index (χ3v) is 3.25. The minimum atomic E-state index is -0.173. The number of hydrogen-bond donors (Lipinski definition) is 2. The van der Waals surface area contributed by atoms with Crippen LogP contribution in [-0.2, 0) is 0 Å². The van der Waals surface area contributed by atoms with Gasteiger partial charge in [0.15, 0.2) is 0 Å². The molecule has 0 spiro atoms. The molecule has 2 aromatic carbocycles. The van der Waals surface area contributed by atoms with Crippen LogP contribution in [0.5, 0.6) is 5.75 Å². The largest absolute Gasteiger partial charge is 0.497 e. The fourth-order valence-corrected chi connectivity index (χ4v) is 2.19. The zero-order chi connectivity index (χ0) is 13.8. The van der Waals surface area contributed by atoms with Crippen LogP contribution in [0.15, 0.2) is 51.8 Å². The van der Waals surface area contributed by atoms with Crippen molar-refractivity contribution in [1.29, 1.82) is 0 Å². The normalized spacial score (nSPS) is 10.1. The van der Waals surface area contributed by atoms with Crippen LogP contribution in [0, 0.1) is 0 Å². The van der Waals surface area contributed by atoms with Crippen molar-refractivity contribution in [3.63, 3.8) is 0 Å². The van der Waals surface area contributed by atoms with E-state index in [1.54, 1.807) is 37.4 Å². The van der Waals surface area contributed by atoms with Crippen LogP contribution in [0.4, 0.5) is 5.69 Å². The van der Waals surface area contributed by atoms with Crippen molar-refractivity contribution in [3.05, 3.63) is 52.5 Å². The maximum absolute atomic E-state index is 12.0. The molecule has 0 heterocycles. The van der Waals surface area contributed by atoms with Gasteiger partial charge in [-0.2, -0.15) is 0 Å². The van der Waals surface area contributed by atoms with Gasteiger partial charge in [-0.25, -0.2) is 0 Å². The summed E-state index contributed by atoms with van der Waals surface area (Å²) in [6, 6.07) is 12.4. The molecule has 0 atom stereocenters. The second-order valence-electron chi connectivity index (χ2n) is 3.88. The van der Waals surface area contributed by atoms with Gasteiger partial charge in [0.2, 0.25) is 0 Å². The maximum Gasteiger partial charge on any atom is 0.255 e.